The van der Waals surface area contributed by atoms with Crippen molar-refractivity contribution in [1.29, 1.82) is 0 Å². The van der Waals surface area contributed by atoms with Gasteiger partial charge >= 0.3 is 6.03 Å². The molecule has 0 radical (unpaired) electrons. The predicted octanol–water partition coefficient (Wildman–Crippen LogP) is 0.137. The van der Waals surface area contributed by atoms with Crippen LogP contribution in [0.4, 0.5) is 4.79 Å². The first kappa shape index (κ1) is 9.32. The van der Waals surface area contributed by atoms with E-state index in [1.54, 1.807) is 4.90 Å². The summed E-state index contributed by atoms with van der Waals surface area (Å²) in [4.78, 5) is 13.1. The van der Waals surface area contributed by atoms with Gasteiger partial charge in [-0.05, 0) is 20.3 Å². The van der Waals surface area contributed by atoms with E-state index in [0.717, 1.165) is 13.0 Å². The molecule has 0 aromatic rings. The molecule has 0 aromatic carbocycles. The second kappa shape index (κ2) is 3.76. The Balaban J connectivity index is 2.33. The van der Waals surface area contributed by atoms with Crippen LogP contribution in [0.3, 0.4) is 0 Å². The van der Waals surface area contributed by atoms with Gasteiger partial charge in [-0.25, -0.2) is 4.79 Å². The smallest absolute Gasteiger partial charge is 0.317 e. The van der Waals surface area contributed by atoms with E-state index in [0.29, 0.717) is 6.54 Å². The zero-order chi connectivity index (χ0) is 9.14. The third-order valence-corrected chi connectivity index (χ3v) is 1.92. The van der Waals surface area contributed by atoms with Crippen LogP contribution in [0.1, 0.15) is 20.3 Å². The largest absolute Gasteiger partial charge is 0.336 e. The summed E-state index contributed by atoms with van der Waals surface area (Å²) in [5, 5.41) is 2.84. The van der Waals surface area contributed by atoms with Crippen molar-refractivity contribution in [2.75, 3.05) is 13.1 Å². The molecule has 1 saturated heterocycles. The quantitative estimate of drug-likeness (QED) is 0.589. The molecule has 1 atom stereocenters. The molecule has 0 saturated carbocycles. The molecule has 4 heteroatoms. The summed E-state index contributed by atoms with van der Waals surface area (Å²) in [5.74, 6) is 0. The highest BCUT2D eigenvalue weighted by Crippen LogP contribution is 2.06. The Morgan fingerprint density at radius 1 is 1.67 bits per heavy atom. The SMILES string of the molecule is CC(C)NC(=O)N1CCC(N)C1. The lowest BCUT2D eigenvalue weighted by atomic mass is 10.3. The number of rotatable bonds is 1. The highest BCUT2D eigenvalue weighted by molar-refractivity contribution is 5.74. The average molecular weight is 171 g/mol. The third kappa shape index (κ3) is 2.37. The number of carbonyl (C=O) groups excluding carboxylic acids is 1. The molecule has 1 unspecified atom stereocenters. The molecule has 70 valence electrons. The number of hydrogen-bond donors (Lipinski definition) is 2. The number of carbonyl (C=O) groups is 1. The molecule has 0 spiro atoms. The summed E-state index contributed by atoms with van der Waals surface area (Å²) in [6, 6.07) is 0.384. The van der Waals surface area contributed by atoms with E-state index in [1.165, 1.54) is 0 Å². The first-order chi connectivity index (χ1) is 5.59. The Hall–Kier alpha value is -0.770. The molecule has 1 aliphatic rings. The summed E-state index contributed by atoms with van der Waals surface area (Å²) in [7, 11) is 0. The molecule has 12 heavy (non-hydrogen) atoms. The van der Waals surface area contributed by atoms with Crippen molar-refractivity contribution in [3.63, 3.8) is 0 Å². The molecule has 0 bridgehead atoms. The number of amides is 2. The fourth-order valence-electron chi connectivity index (χ4n) is 1.31. The minimum absolute atomic E-state index is 0.0120. The van der Waals surface area contributed by atoms with E-state index in [2.05, 4.69) is 5.32 Å². The molecule has 2 amide bonds. The molecular formula is C8H17N3O. The van der Waals surface area contributed by atoms with Gasteiger partial charge in [-0.2, -0.15) is 0 Å². The van der Waals surface area contributed by atoms with Crippen LogP contribution in [0.5, 0.6) is 0 Å². The number of urea groups is 1. The van der Waals surface area contributed by atoms with Crippen LogP contribution in [0.15, 0.2) is 0 Å². The van der Waals surface area contributed by atoms with E-state index >= 15 is 0 Å². The van der Waals surface area contributed by atoms with Crippen LogP contribution in [-0.4, -0.2) is 36.1 Å². The lowest BCUT2D eigenvalue weighted by Crippen LogP contribution is -2.42. The van der Waals surface area contributed by atoms with E-state index in [9.17, 15) is 4.79 Å². The molecule has 0 aliphatic carbocycles. The Bertz CT molecular complexity index is 170. The van der Waals surface area contributed by atoms with Gasteiger partial charge in [0.05, 0.1) is 0 Å². The topological polar surface area (TPSA) is 58.4 Å². The summed E-state index contributed by atoms with van der Waals surface area (Å²) in [5.41, 5.74) is 5.67. The monoisotopic (exact) mass is 171 g/mol. The normalized spacial score (nSPS) is 23.3. The molecule has 4 nitrogen and oxygen atoms in total. The lowest BCUT2D eigenvalue weighted by molar-refractivity contribution is 0.205. The van der Waals surface area contributed by atoms with Crippen molar-refractivity contribution in [2.45, 2.75) is 32.4 Å². The maximum Gasteiger partial charge on any atom is 0.317 e. The molecular weight excluding hydrogens is 154 g/mol. The summed E-state index contributed by atoms with van der Waals surface area (Å²) in [6.07, 6.45) is 0.922. The number of nitrogens with one attached hydrogen (secondary N) is 1. The minimum Gasteiger partial charge on any atom is -0.336 e. The van der Waals surface area contributed by atoms with Crippen molar-refractivity contribution in [1.82, 2.24) is 10.2 Å². The van der Waals surface area contributed by atoms with Crippen LogP contribution in [0, 0.1) is 0 Å². The van der Waals surface area contributed by atoms with E-state index < -0.39 is 0 Å². The molecule has 1 rings (SSSR count). The first-order valence-corrected chi connectivity index (χ1v) is 4.40. The number of nitrogens with zero attached hydrogens (tertiary/aromatic N) is 1. The van der Waals surface area contributed by atoms with Gasteiger partial charge in [0.15, 0.2) is 0 Å². The van der Waals surface area contributed by atoms with Crippen molar-refractivity contribution in [2.24, 2.45) is 5.73 Å². The zero-order valence-electron chi connectivity index (χ0n) is 7.71. The van der Waals surface area contributed by atoms with E-state index in [-0.39, 0.29) is 18.1 Å². The van der Waals surface area contributed by atoms with Gasteiger partial charge in [-0.1, -0.05) is 0 Å². The number of hydrogen-bond acceptors (Lipinski definition) is 2. The van der Waals surface area contributed by atoms with Crippen LogP contribution in [0.2, 0.25) is 0 Å². The number of likely N-dealkylation sites (tertiary alicyclic amines) is 1. The zero-order valence-corrected chi connectivity index (χ0v) is 7.71. The average Bonchev–Trinajstić information content (AvgIpc) is 2.34. The highest BCUT2D eigenvalue weighted by atomic mass is 16.2. The van der Waals surface area contributed by atoms with Gasteiger partial charge in [0, 0.05) is 25.2 Å². The Morgan fingerprint density at radius 2 is 2.33 bits per heavy atom. The fraction of sp³-hybridized carbons (Fsp3) is 0.875. The molecule has 0 aromatic heterocycles. The van der Waals surface area contributed by atoms with Crippen molar-refractivity contribution < 1.29 is 4.79 Å². The molecule has 1 aliphatic heterocycles. The Labute approximate surface area is 73.1 Å². The number of nitrogens with two attached hydrogens (primary N) is 1. The van der Waals surface area contributed by atoms with Crippen molar-refractivity contribution >= 4 is 6.03 Å². The van der Waals surface area contributed by atoms with Gasteiger partial charge in [-0.3, -0.25) is 0 Å². The standard InChI is InChI=1S/C8H17N3O/c1-6(2)10-8(12)11-4-3-7(9)5-11/h6-7H,3-5,9H2,1-2H3,(H,10,12). The first-order valence-electron chi connectivity index (χ1n) is 4.40. The van der Waals surface area contributed by atoms with Gasteiger partial charge in [0.25, 0.3) is 0 Å². The van der Waals surface area contributed by atoms with E-state index in [4.69, 9.17) is 5.73 Å². The van der Waals surface area contributed by atoms with Gasteiger partial charge < -0.3 is 16.0 Å². The van der Waals surface area contributed by atoms with E-state index in [1.807, 2.05) is 13.8 Å². The molecule has 3 N–H and O–H groups in total. The Morgan fingerprint density at radius 3 is 2.75 bits per heavy atom. The van der Waals surface area contributed by atoms with Crippen molar-refractivity contribution in [3.8, 4) is 0 Å². The van der Waals surface area contributed by atoms with Gasteiger partial charge in [0.1, 0.15) is 0 Å². The van der Waals surface area contributed by atoms with Gasteiger partial charge in [0.2, 0.25) is 0 Å². The fourth-order valence-corrected chi connectivity index (χ4v) is 1.31. The second-order valence-corrected chi connectivity index (χ2v) is 3.60. The summed E-state index contributed by atoms with van der Waals surface area (Å²) >= 11 is 0. The third-order valence-electron chi connectivity index (χ3n) is 1.92. The summed E-state index contributed by atoms with van der Waals surface area (Å²) in [6.45, 7) is 5.39. The Kier molecular flexibility index (Phi) is 2.92. The minimum atomic E-state index is 0.0120. The highest BCUT2D eigenvalue weighted by Gasteiger charge is 2.23. The molecule has 1 fully saturated rings. The predicted molar refractivity (Wildman–Crippen MR) is 47.8 cm³/mol. The van der Waals surface area contributed by atoms with Crippen molar-refractivity contribution in [3.05, 3.63) is 0 Å². The van der Waals surface area contributed by atoms with Crippen LogP contribution in [-0.2, 0) is 0 Å². The van der Waals surface area contributed by atoms with Crippen LogP contribution in [0.25, 0.3) is 0 Å². The summed E-state index contributed by atoms with van der Waals surface area (Å²) < 4.78 is 0. The molecule has 1 heterocycles. The van der Waals surface area contributed by atoms with Crippen LogP contribution >= 0.6 is 0 Å². The van der Waals surface area contributed by atoms with Crippen LogP contribution < -0.4 is 11.1 Å². The maximum atomic E-state index is 11.4. The lowest BCUT2D eigenvalue weighted by Gasteiger charge is -2.18. The van der Waals surface area contributed by atoms with Gasteiger partial charge in [-0.15, -0.1) is 0 Å². The second-order valence-electron chi connectivity index (χ2n) is 3.60. The maximum absolute atomic E-state index is 11.4.